The number of hydrogen-bond donors (Lipinski definition) is 0. The van der Waals surface area contributed by atoms with E-state index in [0.29, 0.717) is 42.0 Å². The van der Waals surface area contributed by atoms with Crippen molar-refractivity contribution in [3.63, 3.8) is 0 Å². The Morgan fingerprint density at radius 2 is 1.86 bits per heavy atom. The molecule has 1 aliphatic carbocycles. The number of carbonyl (C=O) groups is 1. The zero-order valence-electron chi connectivity index (χ0n) is 24.2. The Balaban J connectivity index is 1.20. The van der Waals surface area contributed by atoms with Crippen LogP contribution in [0.1, 0.15) is 56.1 Å². The van der Waals surface area contributed by atoms with Gasteiger partial charge in [0.15, 0.2) is 5.82 Å². The molecule has 42 heavy (non-hydrogen) atoms. The normalized spacial score (nSPS) is 24.3. The standard InChI is InChI=1S/C34H38FN5O2/c1-2-29(41)39-19-14-27-28(39)20-40(27)32-26-13-12-25(24-11-5-9-22-8-3-4-10-23(22)24)30(35)31(26)36-33(37-32)42-21-34-15-6-17-38(34)18-7-16-34/h2,5,9,11-13,27-28H,1,3-4,6-8,10,14-21H2/t27?,28-/m1/s1. The number of likely N-dealkylation sites (tertiary alicyclic amines) is 1. The zero-order chi connectivity index (χ0) is 28.4. The van der Waals surface area contributed by atoms with Crippen molar-refractivity contribution >= 4 is 22.6 Å². The van der Waals surface area contributed by atoms with Crippen LogP contribution in [0.15, 0.2) is 43.0 Å². The minimum Gasteiger partial charge on any atom is -0.461 e. The number of aryl methyl sites for hydroxylation is 1. The van der Waals surface area contributed by atoms with Gasteiger partial charge < -0.3 is 14.5 Å². The van der Waals surface area contributed by atoms with Gasteiger partial charge in [0.05, 0.1) is 17.6 Å². The minimum atomic E-state index is -0.312. The lowest BCUT2D eigenvalue weighted by Crippen LogP contribution is -2.63. The maximum atomic E-state index is 16.7. The lowest BCUT2D eigenvalue weighted by Gasteiger charge is -2.47. The highest BCUT2D eigenvalue weighted by molar-refractivity contribution is 5.95. The molecule has 4 aliphatic heterocycles. The number of hydrogen-bond acceptors (Lipinski definition) is 6. The molecule has 4 saturated heterocycles. The van der Waals surface area contributed by atoms with Crippen LogP contribution in [-0.2, 0) is 17.6 Å². The highest BCUT2D eigenvalue weighted by Gasteiger charge is 2.49. The molecule has 1 unspecified atom stereocenters. The van der Waals surface area contributed by atoms with Gasteiger partial charge in [0, 0.05) is 24.0 Å². The zero-order valence-corrected chi connectivity index (χ0v) is 24.2. The van der Waals surface area contributed by atoms with Crippen LogP contribution < -0.4 is 9.64 Å². The van der Waals surface area contributed by atoms with Gasteiger partial charge in [-0.1, -0.05) is 30.8 Å². The summed E-state index contributed by atoms with van der Waals surface area (Å²) in [6.07, 6.45) is 11.2. The predicted octanol–water partition coefficient (Wildman–Crippen LogP) is 5.30. The summed E-state index contributed by atoms with van der Waals surface area (Å²) in [6.45, 7) is 7.78. The molecule has 1 amide bonds. The smallest absolute Gasteiger partial charge is 0.319 e. The second-order valence-electron chi connectivity index (χ2n) is 12.8. The Bertz CT molecular complexity index is 1580. The van der Waals surface area contributed by atoms with Crippen molar-refractivity contribution in [3.05, 3.63) is 59.9 Å². The highest BCUT2D eigenvalue weighted by Crippen LogP contribution is 2.43. The summed E-state index contributed by atoms with van der Waals surface area (Å²) in [5.41, 5.74) is 4.51. The number of amides is 1. The molecular weight excluding hydrogens is 529 g/mol. The van der Waals surface area contributed by atoms with Gasteiger partial charge in [-0.25, -0.2) is 4.39 Å². The lowest BCUT2D eigenvalue weighted by molar-refractivity contribution is -0.127. The third-order valence-corrected chi connectivity index (χ3v) is 10.8. The van der Waals surface area contributed by atoms with E-state index in [2.05, 4.69) is 22.4 Å². The molecule has 0 saturated carbocycles. The SMILES string of the molecule is C=CC(=O)N1CCC2[C@H]1CN2c1nc(OCC23CCCN2CCC3)nc2c(F)c(-c3cccc4c3CCCC4)ccc12. The number of aromatic nitrogens is 2. The molecule has 4 fully saturated rings. The van der Waals surface area contributed by atoms with E-state index in [-0.39, 0.29) is 35.4 Å². The number of anilines is 1. The predicted molar refractivity (Wildman–Crippen MR) is 161 cm³/mol. The first kappa shape index (κ1) is 26.1. The largest absolute Gasteiger partial charge is 0.461 e. The molecule has 0 N–H and O–H groups in total. The Morgan fingerprint density at radius 3 is 2.69 bits per heavy atom. The summed E-state index contributed by atoms with van der Waals surface area (Å²) >= 11 is 0. The molecule has 0 spiro atoms. The molecule has 5 aliphatic rings. The summed E-state index contributed by atoms with van der Waals surface area (Å²) in [5.74, 6) is 0.364. The fraction of sp³-hybridized carbons (Fsp3) is 0.500. The second kappa shape index (κ2) is 10.0. The van der Waals surface area contributed by atoms with Crippen LogP contribution in [0.4, 0.5) is 10.2 Å². The number of fused-ring (bicyclic) bond motifs is 4. The van der Waals surface area contributed by atoms with Gasteiger partial charge in [-0.3, -0.25) is 9.69 Å². The van der Waals surface area contributed by atoms with Crippen LogP contribution in [0.25, 0.3) is 22.0 Å². The molecule has 5 heterocycles. The van der Waals surface area contributed by atoms with Gasteiger partial charge in [0.1, 0.15) is 17.9 Å². The van der Waals surface area contributed by atoms with Crippen LogP contribution in [-0.4, -0.2) is 76.1 Å². The minimum absolute atomic E-state index is 0.0301. The van der Waals surface area contributed by atoms with E-state index in [9.17, 15) is 4.79 Å². The summed E-state index contributed by atoms with van der Waals surface area (Å²) < 4.78 is 23.1. The molecular formula is C34H38FN5O2. The Morgan fingerprint density at radius 1 is 1.02 bits per heavy atom. The van der Waals surface area contributed by atoms with E-state index in [4.69, 9.17) is 14.7 Å². The fourth-order valence-electron chi connectivity index (χ4n) is 8.57. The van der Waals surface area contributed by atoms with Crippen molar-refractivity contribution in [1.29, 1.82) is 0 Å². The Hall–Kier alpha value is -3.52. The molecule has 1 aromatic heterocycles. The average molecular weight is 568 g/mol. The first-order chi connectivity index (χ1) is 20.6. The van der Waals surface area contributed by atoms with Gasteiger partial charge in [0.2, 0.25) is 5.91 Å². The van der Waals surface area contributed by atoms with E-state index in [1.165, 1.54) is 36.5 Å². The topological polar surface area (TPSA) is 61.8 Å². The maximum Gasteiger partial charge on any atom is 0.319 e. The van der Waals surface area contributed by atoms with Crippen molar-refractivity contribution in [2.24, 2.45) is 0 Å². The molecule has 218 valence electrons. The second-order valence-corrected chi connectivity index (χ2v) is 12.8. The highest BCUT2D eigenvalue weighted by atomic mass is 19.1. The summed E-state index contributed by atoms with van der Waals surface area (Å²) in [4.78, 5) is 28.8. The molecule has 2 aromatic carbocycles. The van der Waals surface area contributed by atoms with Crippen molar-refractivity contribution in [2.45, 2.75) is 75.4 Å². The van der Waals surface area contributed by atoms with E-state index >= 15 is 4.39 Å². The van der Waals surface area contributed by atoms with Gasteiger partial charge >= 0.3 is 6.01 Å². The van der Waals surface area contributed by atoms with Crippen LogP contribution in [0, 0.1) is 5.82 Å². The van der Waals surface area contributed by atoms with E-state index in [0.717, 1.165) is 57.2 Å². The molecule has 8 heteroatoms. The maximum absolute atomic E-state index is 16.7. The molecule has 8 rings (SSSR count). The summed E-state index contributed by atoms with van der Waals surface area (Å²) in [5, 5.41) is 0.696. The van der Waals surface area contributed by atoms with Crippen molar-refractivity contribution < 1.29 is 13.9 Å². The number of benzene rings is 2. The number of nitrogens with zero attached hydrogens (tertiary/aromatic N) is 5. The van der Waals surface area contributed by atoms with Gasteiger partial charge in [-0.05, 0) is 99.7 Å². The third kappa shape index (κ3) is 3.98. The van der Waals surface area contributed by atoms with Gasteiger partial charge in [-0.2, -0.15) is 9.97 Å². The molecule has 7 nitrogen and oxygen atoms in total. The first-order valence-electron chi connectivity index (χ1n) is 15.8. The lowest BCUT2D eigenvalue weighted by atomic mass is 9.85. The average Bonchev–Trinajstić information content (AvgIpc) is 3.68. The van der Waals surface area contributed by atoms with Crippen LogP contribution in [0.3, 0.4) is 0 Å². The van der Waals surface area contributed by atoms with Gasteiger partial charge in [0.25, 0.3) is 0 Å². The monoisotopic (exact) mass is 567 g/mol. The van der Waals surface area contributed by atoms with Crippen molar-refractivity contribution in [2.75, 3.05) is 37.7 Å². The number of halogens is 1. The van der Waals surface area contributed by atoms with Crippen LogP contribution in [0.5, 0.6) is 6.01 Å². The summed E-state index contributed by atoms with van der Waals surface area (Å²) in [7, 11) is 0. The van der Waals surface area contributed by atoms with Crippen LogP contribution >= 0.6 is 0 Å². The van der Waals surface area contributed by atoms with E-state index in [1.54, 1.807) is 0 Å². The summed E-state index contributed by atoms with van der Waals surface area (Å²) in [6, 6.07) is 10.7. The Labute approximate surface area is 246 Å². The molecule has 0 radical (unpaired) electrons. The van der Waals surface area contributed by atoms with Gasteiger partial charge in [-0.15, -0.1) is 0 Å². The third-order valence-electron chi connectivity index (χ3n) is 10.8. The molecule has 0 bridgehead atoms. The molecule has 3 aromatic rings. The molecule has 2 atom stereocenters. The van der Waals surface area contributed by atoms with Crippen molar-refractivity contribution in [3.8, 4) is 17.1 Å². The number of ether oxygens (including phenoxy) is 1. The Kier molecular flexibility index (Phi) is 6.25. The van der Waals surface area contributed by atoms with Crippen LogP contribution in [0.2, 0.25) is 0 Å². The fourth-order valence-corrected chi connectivity index (χ4v) is 8.57. The quantitative estimate of drug-likeness (QED) is 0.377. The van der Waals surface area contributed by atoms with E-state index in [1.807, 2.05) is 29.2 Å². The first-order valence-corrected chi connectivity index (χ1v) is 15.8. The number of carbonyl (C=O) groups excluding carboxylic acids is 1. The van der Waals surface area contributed by atoms with Crippen molar-refractivity contribution in [1.82, 2.24) is 19.8 Å². The van der Waals surface area contributed by atoms with E-state index < -0.39 is 0 Å². The number of rotatable bonds is 6.